The van der Waals surface area contributed by atoms with Gasteiger partial charge in [-0.15, -0.1) is 0 Å². The Morgan fingerprint density at radius 1 is 1.35 bits per heavy atom. The van der Waals surface area contributed by atoms with Gasteiger partial charge >= 0.3 is 0 Å². The molecular weight excluding hydrogens is 250 g/mol. The van der Waals surface area contributed by atoms with Gasteiger partial charge in [0, 0.05) is 12.0 Å². The van der Waals surface area contributed by atoms with E-state index in [2.05, 4.69) is 13.0 Å². The maximum atomic E-state index is 12.2. The lowest BCUT2D eigenvalue weighted by atomic mass is 9.91. The molecule has 20 heavy (non-hydrogen) atoms. The average Bonchev–Trinajstić information content (AvgIpc) is 2.45. The van der Waals surface area contributed by atoms with Crippen molar-refractivity contribution in [1.29, 1.82) is 5.26 Å². The second-order valence-electron chi connectivity index (χ2n) is 5.08. The van der Waals surface area contributed by atoms with Crippen molar-refractivity contribution in [3.05, 3.63) is 29.3 Å². The van der Waals surface area contributed by atoms with Crippen LogP contribution in [0.2, 0.25) is 0 Å². The van der Waals surface area contributed by atoms with E-state index < -0.39 is 5.92 Å². The molecule has 3 heteroatoms. The minimum atomic E-state index is -0.716. The summed E-state index contributed by atoms with van der Waals surface area (Å²) in [6.07, 6.45) is 4.65. The highest BCUT2D eigenvalue weighted by Crippen LogP contribution is 2.29. The van der Waals surface area contributed by atoms with Crippen LogP contribution in [0.1, 0.15) is 56.1 Å². The molecule has 1 rings (SSSR count). The number of hydrogen-bond donors (Lipinski definition) is 0. The third-order valence-electron chi connectivity index (χ3n) is 3.42. The largest absolute Gasteiger partial charge is 0.496 e. The Bertz CT molecular complexity index is 488. The summed E-state index contributed by atoms with van der Waals surface area (Å²) in [6.45, 7) is 4.08. The van der Waals surface area contributed by atoms with E-state index in [0.717, 1.165) is 31.2 Å². The van der Waals surface area contributed by atoms with E-state index in [0.29, 0.717) is 17.7 Å². The summed E-state index contributed by atoms with van der Waals surface area (Å²) in [4.78, 5) is 12.2. The first-order chi connectivity index (χ1) is 9.63. The Balaban J connectivity index is 2.82. The fraction of sp³-hybridized carbons (Fsp3) is 0.529. The van der Waals surface area contributed by atoms with Crippen LogP contribution in [0.5, 0.6) is 5.75 Å². The fourth-order valence-corrected chi connectivity index (χ4v) is 2.26. The predicted octanol–water partition coefficient (Wildman–Crippen LogP) is 4.15. The monoisotopic (exact) mass is 273 g/mol. The summed E-state index contributed by atoms with van der Waals surface area (Å²) in [7, 11) is 1.56. The van der Waals surface area contributed by atoms with Gasteiger partial charge in [-0.25, -0.2) is 0 Å². The number of unbranched alkanes of at least 4 members (excludes halogenated alkanes) is 3. The van der Waals surface area contributed by atoms with Crippen molar-refractivity contribution in [2.45, 2.75) is 51.9 Å². The lowest BCUT2D eigenvalue weighted by Gasteiger charge is -2.13. The molecular formula is C17H23NO2. The van der Waals surface area contributed by atoms with Crippen LogP contribution in [0.25, 0.3) is 0 Å². The number of aryl methyl sites for hydroxylation is 1. The first-order valence-corrected chi connectivity index (χ1v) is 7.20. The average molecular weight is 273 g/mol. The number of nitriles is 1. The van der Waals surface area contributed by atoms with Gasteiger partial charge in [0.25, 0.3) is 0 Å². The van der Waals surface area contributed by atoms with Crippen LogP contribution in [-0.4, -0.2) is 12.9 Å². The van der Waals surface area contributed by atoms with E-state index in [-0.39, 0.29) is 5.78 Å². The summed E-state index contributed by atoms with van der Waals surface area (Å²) < 4.78 is 5.27. The molecule has 0 amide bonds. The molecule has 3 nitrogen and oxygen atoms in total. The van der Waals surface area contributed by atoms with Gasteiger partial charge < -0.3 is 4.74 Å². The molecule has 1 atom stereocenters. The number of Topliss-reactive ketones (excluding diaryl/α,β-unsaturated/α-hetero) is 1. The van der Waals surface area contributed by atoms with Gasteiger partial charge in [0.2, 0.25) is 0 Å². The minimum absolute atomic E-state index is 0.00694. The van der Waals surface area contributed by atoms with Gasteiger partial charge in [-0.05, 0) is 19.4 Å². The van der Waals surface area contributed by atoms with Crippen LogP contribution in [0.4, 0.5) is 0 Å². The van der Waals surface area contributed by atoms with Crippen molar-refractivity contribution < 1.29 is 9.53 Å². The first-order valence-electron chi connectivity index (χ1n) is 7.20. The van der Waals surface area contributed by atoms with Gasteiger partial charge in [0.15, 0.2) is 5.78 Å². The van der Waals surface area contributed by atoms with Gasteiger partial charge in [0.05, 0.1) is 13.2 Å². The maximum absolute atomic E-state index is 12.2. The van der Waals surface area contributed by atoms with Gasteiger partial charge in [-0.2, -0.15) is 5.26 Å². The van der Waals surface area contributed by atoms with E-state index in [1.807, 2.05) is 25.1 Å². The number of carbonyl (C=O) groups excluding carboxylic acids is 1. The molecule has 0 saturated carbocycles. The Morgan fingerprint density at radius 3 is 2.70 bits per heavy atom. The molecule has 0 spiro atoms. The zero-order valence-electron chi connectivity index (χ0n) is 12.6. The number of ketones is 1. The smallest absolute Gasteiger partial charge is 0.154 e. The molecule has 0 aliphatic carbocycles. The van der Waals surface area contributed by atoms with Crippen molar-refractivity contribution in [2.24, 2.45) is 0 Å². The van der Waals surface area contributed by atoms with Gasteiger partial charge in [0.1, 0.15) is 11.7 Å². The number of ether oxygens (including phenoxy) is 1. The molecule has 0 fully saturated rings. The Hall–Kier alpha value is -1.82. The number of methoxy groups -OCH3 is 1. The Kier molecular flexibility index (Phi) is 6.79. The van der Waals surface area contributed by atoms with Crippen LogP contribution in [0, 0.1) is 18.3 Å². The molecule has 0 aromatic heterocycles. The summed E-state index contributed by atoms with van der Waals surface area (Å²) in [6, 6.07) is 7.74. The number of hydrogen-bond acceptors (Lipinski definition) is 3. The van der Waals surface area contributed by atoms with Crippen LogP contribution in [0.3, 0.4) is 0 Å². The molecule has 0 saturated heterocycles. The fourth-order valence-electron chi connectivity index (χ4n) is 2.26. The number of carbonyl (C=O) groups is 1. The Morgan fingerprint density at radius 2 is 2.10 bits per heavy atom. The molecule has 0 aliphatic heterocycles. The number of rotatable bonds is 8. The van der Waals surface area contributed by atoms with Crippen molar-refractivity contribution in [3.63, 3.8) is 0 Å². The van der Waals surface area contributed by atoms with E-state index in [9.17, 15) is 10.1 Å². The lowest BCUT2D eigenvalue weighted by molar-refractivity contribution is -0.119. The second kappa shape index (κ2) is 8.37. The van der Waals surface area contributed by atoms with Crippen molar-refractivity contribution in [3.8, 4) is 11.8 Å². The normalized spacial score (nSPS) is 11.7. The zero-order chi connectivity index (χ0) is 15.0. The summed E-state index contributed by atoms with van der Waals surface area (Å²) in [5.74, 6) is -0.108. The number of nitrogens with zero attached hydrogens (tertiary/aromatic N) is 1. The second-order valence-corrected chi connectivity index (χ2v) is 5.08. The van der Waals surface area contributed by atoms with Crippen LogP contribution < -0.4 is 4.74 Å². The highest BCUT2D eigenvalue weighted by atomic mass is 16.5. The molecule has 0 N–H and O–H groups in total. The molecule has 1 aromatic carbocycles. The molecule has 0 heterocycles. The molecule has 0 aliphatic rings. The standard InChI is InChI=1S/C17H23NO2/c1-4-5-6-7-8-16(19)15(12-18)14-11-13(2)9-10-17(14)20-3/h9-11,15H,4-8H2,1-3H3. The quantitative estimate of drug-likeness (QED) is 0.668. The van der Waals surface area contributed by atoms with E-state index in [1.165, 1.54) is 0 Å². The van der Waals surface area contributed by atoms with E-state index in [1.54, 1.807) is 7.11 Å². The molecule has 1 unspecified atom stereocenters. The lowest BCUT2D eigenvalue weighted by Crippen LogP contribution is -2.12. The van der Waals surface area contributed by atoms with Crippen molar-refractivity contribution >= 4 is 5.78 Å². The maximum Gasteiger partial charge on any atom is 0.154 e. The topological polar surface area (TPSA) is 50.1 Å². The molecule has 0 radical (unpaired) electrons. The van der Waals surface area contributed by atoms with Gasteiger partial charge in [-0.1, -0.05) is 43.9 Å². The predicted molar refractivity (Wildman–Crippen MR) is 79.9 cm³/mol. The van der Waals surface area contributed by atoms with Crippen molar-refractivity contribution in [2.75, 3.05) is 7.11 Å². The highest BCUT2D eigenvalue weighted by Gasteiger charge is 2.23. The highest BCUT2D eigenvalue weighted by molar-refractivity contribution is 5.89. The third-order valence-corrected chi connectivity index (χ3v) is 3.42. The minimum Gasteiger partial charge on any atom is -0.496 e. The Labute approximate surface area is 121 Å². The van der Waals surface area contributed by atoms with E-state index >= 15 is 0 Å². The summed E-state index contributed by atoms with van der Waals surface area (Å²) in [5, 5.41) is 9.34. The molecule has 1 aromatic rings. The summed E-state index contributed by atoms with van der Waals surface area (Å²) >= 11 is 0. The van der Waals surface area contributed by atoms with Crippen LogP contribution in [0.15, 0.2) is 18.2 Å². The summed E-state index contributed by atoms with van der Waals surface area (Å²) in [5.41, 5.74) is 1.72. The van der Waals surface area contributed by atoms with Gasteiger partial charge in [-0.3, -0.25) is 4.79 Å². The zero-order valence-corrected chi connectivity index (χ0v) is 12.6. The van der Waals surface area contributed by atoms with E-state index in [4.69, 9.17) is 4.74 Å². The van der Waals surface area contributed by atoms with Crippen LogP contribution >= 0.6 is 0 Å². The van der Waals surface area contributed by atoms with Crippen molar-refractivity contribution in [1.82, 2.24) is 0 Å². The van der Waals surface area contributed by atoms with Crippen LogP contribution in [-0.2, 0) is 4.79 Å². The first kappa shape index (κ1) is 16.2. The third kappa shape index (κ3) is 4.38. The molecule has 0 bridgehead atoms. The molecule has 108 valence electrons. The number of benzene rings is 1. The SMILES string of the molecule is CCCCCCC(=O)C(C#N)c1cc(C)ccc1OC.